The summed E-state index contributed by atoms with van der Waals surface area (Å²) in [5.41, 5.74) is 1.39. The van der Waals surface area contributed by atoms with Crippen LogP contribution in [0.15, 0.2) is 24.3 Å². The molecule has 126 valence electrons. The van der Waals surface area contributed by atoms with Gasteiger partial charge in [0.15, 0.2) is 0 Å². The lowest BCUT2D eigenvalue weighted by molar-refractivity contribution is -0.119. The summed E-state index contributed by atoms with van der Waals surface area (Å²) in [6, 6.07) is 6.99. The minimum atomic E-state index is -0.208. The van der Waals surface area contributed by atoms with Crippen molar-refractivity contribution in [1.29, 1.82) is 0 Å². The first-order valence-corrected chi connectivity index (χ1v) is 7.92. The maximum absolute atomic E-state index is 12.3. The minimum Gasteiger partial charge on any atom is -0.375 e. The average molecular weight is 319 g/mol. The van der Waals surface area contributed by atoms with E-state index < -0.39 is 0 Å². The van der Waals surface area contributed by atoms with Crippen LogP contribution in [0.4, 0.5) is 16.2 Å². The highest BCUT2D eigenvalue weighted by Crippen LogP contribution is 2.22. The van der Waals surface area contributed by atoms with Gasteiger partial charge < -0.3 is 20.3 Å². The molecular formula is C17H25N3O3. The molecule has 0 aliphatic carbocycles. The van der Waals surface area contributed by atoms with Crippen LogP contribution < -0.4 is 10.6 Å². The largest absolute Gasteiger partial charge is 0.375 e. The number of rotatable bonds is 4. The van der Waals surface area contributed by atoms with Crippen LogP contribution in [-0.4, -0.2) is 43.6 Å². The molecule has 0 radical (unpaired) electrons. The van der Waals surface area contributed by atoms with Crippen molar-refractivity contribution in [3.8, 4) is 0 Å². The Balaban J connectivity index is 1.90. The first-order valence-electron chi connectivity index (χ1n) is 7.92. The van der Waals surface area contributed by atoms with Gasteiger partial charge in [0.05, 0.1) is 0 Å². The molecule has 2 atom stereocenters. The molecule has 23 heavy (non-hydrogen) atoms. The van der Waals surface area contributed by atoms with Gasteiger partial charge >= 0.3 is 6.03 Å². The van der Waals surface area contributed by atoms with Gasteiger partial charge in [-0.2, -0.15) is 0 Å². The first-order chi connectivity index (χ1) is 11.0. The van der Waals surface area contributed by atoms with Crippen molar-refractivity contribution < 1.29 is 14.3 Å². The topological polar surface area (TPSA) is 70.7 Å². The molecule has 1 aromatic rings. The molecule has 1 aromatic carbocycles. The van der Waals surface area contributed by atoms with E-state index in [1.807, 2.05) is 4.90 Å². The van der Waals surface area contributed by atoms with Gasteiger partial charge in [-0.3, -0.25) is 4.79 Å². The third-order valence-corrected chi connectivity index (χ3v) is 3.85. The minimum absolute atomic E-state index is 0.0177. The van der Waals surface area contributed by atoms with Crippen LogP contribution >= 0.6 is 0 Å². The predicted molar refractivity (Wildman–Crippen MR) is 90.5 cm³/mol. The van der Waals surface area contributed by atoms with Gasteiger partial charge in [0.25, 0.3) is 0 Å². The highest BCUT2D eigenvalue weighted by Gasteiger charge is 2.25. The van der Waals surface area contributed by atoms with E-state index in [0.717, 1.165) is 13.1 Å². The lowest BCUT2D eigenvalue weighted by atomic mass is 9.92. The second kappa shape index (κ2) is 7.97. The summed E-state index contributed by atoms with van der Waals surface area (Å²) in [6.07, 6.45) is 1.17. The summed E-state index contributed by atoms with van der Waals surface area (Å²) in [5, 5.41) is 5.62. The zero-order valence-electron chi connectivity index (χ0n) is 14.0. The quantitative estimate of drug-likeness (QED) is 0.896. The summed E-state index contributed by atoms with van der Waals surface area (Å²) in [4.78, 5) is 25.6. The SMILES string of the molecule is COCC(=O)Nc1ccc(NC(=O)N2C[C@@H](C)C[C@H](C)C2)cc1. The molecule has 0 saturated carbocycles. The lowest BCUT2D eigenvalue weighted by Gasteiger charge is -2.34. The molecule has 1 fully saturated rings. The van der Waals surface area contributed by atoms with Gasteiger partial charge in [0.2, 0.25) is 5.91 Å². The first kappa shape index (κ1) is 17.3. The van der Waals surface area contributed by atoms with Crippen LogP contribution in [0.3, 0.4) is 0 Å². The number of piperidine rings is 1. The Kier molecular flexibility index (Phi) is 5.98. The molecule has 0 spiro atoms. The van der Waals surface area contributed by atoms with E-state index in [0.29, 0.717) is 23.2 Å². The molecule has 0 bridgehead atoms. The number of amides is 3. The second-order valence-corrected chi connectivity index (χ2v) is 6.34. The number of nitrogens with zero attached hydrogens (tertiary/aromatic N) is 1. The van der Waals surface area contributed by atoms with E-state index in [2.05, 4.69) is 24.5 Å². The summed E-state index contributed by atoms with van der Waals surface area (Å²) in [7, 11) is 1.47. The summed E-state index contributed by atoms with van der Waals surface area (Å²) in [5.74, 6) is 0.853. The molecule has 1 aliphatic heterocycles. The molecular weight excluding hydrogens is 294 g/mol. The number of ether oxygens (including phenoxy) is 1. The third kappa shape index (κ3) is 5.25. The van der Waals surface area contributed by atoms with Crippen molar-refractivity contribution in [2.24, 2.45) is 11.8 Å². The van der Waals surface area contributed by atoms with Crippen LogP contribution in [-0.2, 0) is 9.53 Å². The number of likely N-dealkylation sites (tertiary alicyclic amines) is 1. The van der Waals surface area contributed by atoms with E-state index in [-0.39, 0.29) is 18.5 Å². The summed E-state index contributed by atoms with van der Waals surface area (Å²) < 4.78 is 4.76. The standard InChI is InChI=1S/C17H25N3O3/c1-12-8-13(2)10-20(9-12)17(22)19-15-6-4-14(5-7-15)18-16(21)11-23-3/h4-7,12-13H,8-11H2,1-3H3,(H,18,21)(H,19,22)/t12-,13-/m0/s1. The Morgan fingerprint density at radius 3 is 2.13 bits per heavy atom. The van der Waals surface area contributed by atoms with Gasteiger partial charge in [-0.1, -0.05) is 13.8 Å². The molecule has 6 heteroatoms. The number of hydrogen-bond acceptors (Lipinski definition) is 3. The van der Waals surface area contributed by atoms with Crippen LogP contribution in [0.25, 0.3) is 0 Å². The van der Waals surface area contributed by atoms with Gasteiger partial charge in [0, 0.05) is 31.6 Å². The molecule has 1 saturated heterocycles. The fourth-order valence-electron chi connectivity index (χ4n) is 3.00. The zero-order valence-corrected chi connectivity index (χ0v) is 14.0. The Labute approximate surface area is 137 Å². The molecule has 0 unspecified atom stereocenters. The second-order valence-electron chi connectivity index (χ2n) is 6.34. The Bertz CT molecular complexity index is 535. The van der Waals surface area contributed by atoms with Crippen LogP contribution in [0.5, 0.6) is 0 Å². The predicted octanol–water partition coefficient (Wildman–Crippen LogP) is 2.78. The molecule has 6 nitrogen and oxygen atoms in total. The molecule has 2 N–H and O–H groups in total. The highest BCUT2D eigenvalue weighted by atomic mass is 16.5. The van der Waals surface area contributed by atoms with Gasteiger partial charge in [0.1, 0.15) is 6.61 Å². The molecule has 1 heterocycles. The fraction of sp³-hybridized carbons (Fsp3) is 0.529. The third-order valence-electron chi connectivity index (χ3n) is 3.85. The molecule has 2 rings (SSSR count). The van der Waals surface area contributed by atoms with Crippen molar-refractivity contribution in [2.45, 2.75) is 20.3 Å². The Morgan fingerprint density at radius 2 is 1.61 bits per heavy atom. The highest BCUT2D eigenvalue weighted by molar-refractivity contribution is 5.93. The zero-order chi connectivity index (χ0) is 16.8. The number of urea groups is 1. The van der Waals surface area contributed by atoms with E-state index in [4.69, 9.17) is 4.74 Å². The van der Waals surface area contributed by atoms with Gasteiger partial charge in [-0.25, -0.2) is 4.79 Å². The number of hydrogen-bond donors (Lipinski definition) is 2. The van der Waals surface area contributed by atoms with E-state index in [1.54, 1.807) is 24.3 Å². The van der Waals surface area contributed by atoms with Crippen molar-refractivity contribution in [3.63, 3.8) is 0 Å². The number of benzene rings is 1. The summed E-state index contributed by atoms with van der Waals surface area (Å²) in [6.45, 7) is 5.95. The number of carbonyl (C=O) groups excluding carboxylic acids is 2. The smallest absolute Gasteiger partial charge is 0.321 e. The Hall–Kier alpha value is -2.08. The van der Waals surface area contributed by atoms with Crippen molar-refractivity contribution >= 4 is 23.3 Å². The lowest BCUT2D eigenvalue weighted by Crippen LogP contribution is -2.44. The van der Waals surface area contributed by atoms with Gasteiger partial charge in [-0.15, -0.1) is 0 Å². The van der Waals surface area contributed by atoms with E-state index in [9.17, 15) is 9.59 Å². The number of nitrogens with one attached hydrogen (secondary N) is 2. The maximum atomic E-state index is 12.3. The van der Waals surface area contributed by atoms with E-state index >= 15 is 0 Å². The molecule has 0 aromatic heterocycles. The van der Waals surface area contributed by atoms with Gasteiger partial charge in [-0.05, 0) is 42.5 Å². The van der Waals surface area contributed by atoms with Crippen LogP contribution in [0, 0.1) is 11.8 Å². The summed E-state index contributed by atoms with van der Waals surface area (Å²) >= 11 is 0. The Morgan fingerprint density at radius 1 is 1.09 bits per heavy atom. The average Bonchev–Trinajstić information content (AvgIpc) is 2.48. The number of methoxy groups -OCH3 is 1. The monoisotopic (exact) mass is 319 g/mol. The van der Waals surface area contributed by atoms with Crippen LogP contribution in [0.1, 0.15) is 20.3 Å². The normalized spacial score (nSPS) is 20.9. The molecule has 3 amide bonds. The van der Waals surface area contributed by atoms with E-state index in [1.165, 1.54) is 13.5 Å². The van der Waals surface area contributed by atoms with Crippen molar-refractivity contribution in [2.75, 3.05) is 37.4 Å². The molecule has 1 aliphatic rings. The number of anilines is 2. The number of carbonyl (C=O) groups is 2. The van der Waals surface area contributed by atoms with Crippen LogP contribution in [0.2, 0.25) is 0 Å². The van der Waals surface area contributed by atoms with Crippen molar-refractivity contribution in [3.05, 3.63) is 24.3 Å². The van der Waals surface area contributed by atoms with Crippen molar-refractivity contribution in [1.82, 2.24) is 4.90 Å². The fourth-order valence-corrected chi connectivity index (χ4v) is 3.00. The maximum Gasteiger partial charge on any atom is 0.321 e.